The molecule has 0 unspecified atom stereocenters. The SMILES string of the molecule is COc1ccc(COc2nc(N3CCCCC3)ncc2C(=O)NCc2ccc(F)cc2)cc1Cl. The Kier molecular flexibility index (Phi) is 7.80. The normalized spacial score (nSPS) is 13.4. The maximum atomic E-state index is 13.1. The van der Waals surface area contributed by atoms with E-state index in [4.69, 9.17) is 21.1 Å². The zero-order valence-corrected chi connectivity index (χ0v) is 19.6. The third-order valence-electron chi connectivity index (χ3n) is 5.58. The second kappa shape index (κ2) is 11.2. The van der Waals surface area contributed by atoms with Gasteiger partial charge in [0, 0.05) is 25.8 Å². The highest BCUT2D eigenvalue weighted by atomic mass is 35.5. The maximum absolute atomic E-state index is 13.1. The van der Waals surface area contributed by atoms with Crippen molar-refractivity contribution in [1.82, 2.24) is 15.3 Å². The van der Waals surface area contributed by atoms with Crippen LogP contribution < -0.4 is 19.7 Å². The Morgan fingerprint density at radius 2 is 1.85 bits per heavy atom. The Morgan fingerprint density at radius 1 is 1.12 bits per heavy atom. The van der Waals surface area contributed by atoms with E-state index in [1.807, 2.05) is 6.07 Å². The Balaban J connectivity index is 1.53. The van der Waals surface area contributed by atoms with E-state index in [2.05, 4.69) is 20.2 Å². The molecule has 9 heteroatoms. The van der Waals surface area contributed by atoms with Gasteiger partial charge in [0.1, 0.15) is 23.7 Å². The van der Waals surface area contributed by atoms with Gasteiger partial charge in [-0.15, -0.1) is 0 Å². The molecule has 7 nitrogen and oxygen atoms in total. The second-order valence-corrected chi connectivity index (χ2v) is 8.41. The van der Waals surface area contributed by atoms with Crippen molar-refractivity contribution in [2.45, 2.75) is 32.4 Å². The first-order chi connectivity index (χ1) is 16.5. The molecular formula is C25H26ClFN4O3. The van der Waals surface area contributed by atoms with Crippen LogP contribution in [-0.2, 0) is 13.2 Å². The van der Waals surface area contributed by atoms with Gasteiger partial charge < -0.3 is 19.7 Å². The van der Waals surface area contributed by atoms with Crippen molar-refractivity contribution in [2.75, 3.05) is 25.1 Å². The van der Waals surface area contributed by atoms with Crippen LogP contribution in [0.4, 0.5) is 10.3 Å². The summed E-state index contributed by atoms with van der Waals surface area (Å²) in [5, 5.41) is 3.29. The summed E-state index contributed by atoms with van der Waals surface area (Å²) < 4.78 is 24.3. The van der Waals surface area contributed by atoms with Crippen molar-refractivity contribution in [3.8, 4) is 11.6 Å². The van der Waals surface area contributed by atoms with Gasteiger partial charge in [-0.3, -0.25) is 4.79 Å². The van der Waals surface area contributed by atoms with Gasteiger partial charge >= 0.3 is 0 Å². The predicted octanol–water partition coefficient (Wildman–Crippen LogP) is 4.78. The number of nitrogens with one attached hydrogen (secondary N) is 1. The number of rotatable bonds is 8. The summed E-state index contributed by atoms with van der Waals surface area (Å²) in [6.45, 7) is 2.13. The number of carbonyl (C=O) groups is 1. The molecule has 1 amide bonds. The molecule has 2 aromatic carbocycles. The summed E-state index contributed by atoms with van der Waals surface area (Å²) in [5.74, 6) is 0.598. The molecule has 0 bridgehead atoms. The van der Waals surface area contributed by atoms with Crippen LogP contribution >= 0.6 is 11.6 Å². The number of halogens is 2. The number of hydrogen-bond donors (Lipinski definition) is 1. The quantitative estimate of drug-likeness (QED) is 0.496. The minimum Gasteiger partial charge on any atom is -0.495 e. The first kappa shape index (κ1) is 23.8. The fourth-order valence-electron chi connectivity index (χ4n) is 3.70. The van der Waals surface area contributed by atoms with E-state index in [-0.39, 0.29) is 36.3 Å². The summed E-state index contributed by atoms with van der Waals surface area (Å²) in [6.07, 6.45) is 4.82. The Bertz CT molecular complexity index is 1140. The minimum absolute atomic E-state index is 0.165. The summed E-state index contributed by atoms with van der Waals surface area (Å²) >= 11 is 6.23. The summed E-state index contributed by atoms with van der Waals surface area (Å²) in [6, 6.07) is 11.3. The van der Waals surface area contributed by atoms with E-state index in [9.17, 15) is 9.18 Å². The number of carbonyl (C=O) groups excluding carboxylic acids is 1. The molecule has 0 aliphatic carbocycles. The van der Waals surface area contributed by atoms with Gasteiger partial charge in [-0.05, 0) is 54.7 Å². The third kappa shape index (κ3) is 5.94. The molecule has 2 heterocycles. The molecule has 1 N–H and O–H groups in total. The smallest absolute Gasteiger partial charge is 0.258 e. The largest absolute Gasteiger partial charge is 0.495 e. The van der Waals surface area contributed by atoms with Crippen LogP contribution in [0.3, 0.4) is 0 Å². The fourth-order valence-corrected chi connectivity index (χ4v) is 3.98. The number of hydrogen-bond acceptors (Lipinski definition) is 6. The number of piperidine rings is 1. The molecule has 178 valence electrons. The molecule has 4 rings (SSSR count). The third-order valence-corrected chi connectivity index (χ3v) is 5.88. The van der Waals surface area contributed by atoms with Crippen molar-refractivity contribution >= 4 is 23.5 Å². The van der Waals surface area contributed by atoms with Crippen molar-refractivity contribution < 1.29 is 18.7 Å². The number of aromatic nitrogens is 2. The van der Waals surface area contributed by atoms with Gasteiger partial charge in [-0.25, -0.2) is 9.37 Å². The fraction of sp³-hybridized carbons (Fsp3) is 0.320. The standard InChI is InChI=1S/C25H26ClFN4O3/c1-33-22-10-7-18(13-21(22)26)16-34-24-20(15-29-25(30-24)31-11-3-2-4-12-31)23(32)28-14-17-5-8-19(27)9-6-17/h5-10,13,15H,2-4,11-12,14,16H2,1H3,(H,28,32). The highest BCUT2D eigenvalue weighted by molar-refractivity contribution is 6.32. The Hall–Kier alpha value is -3.39. The minimum atomic E-state index is -0.378. The maximum Gasteiger partial charge on any atom is 0.258 e. The number of ether oxygens (including phenoxy) is 2. The molecule has 0 saturated carbocycles. The van der Waals surface area contributed by atoms with Crippen LogP contribution in [0.25, 0.3) is 0 Å². The topological polar surface area (TPSA) is 76.6 Å². The molecule has 1 aliphatic heterocycles. The molecule has 1 saturated heterocycles. The van der Waals surface area contributed by atoms with E-state index in [1.165, 1.54) is 24.8 Å². The van der Waals surface area contributed by atoms with Crippen LogP contribution in [0.2, 0.25) is 5.02 Å². The van der Waals surface area contributed by atoms with Crippen LogP contribution in [0.5, 0.6) is 11.6 Å². The molecule has 0 radical (unpaired) electrons. The van der Waals surface area contributed by atoms with Gasteiger partial charge in [0.05, 0.1) is 12.1 Å². The van der Waals surface area contributed by atoms with E-state index < -0.39 is 0 Å². The lowest BCUT2D eigenvalue weighted by atomic mass is 10.1. The van der Waals surface area contributed by atoms with Gasteiger partial charge in [0.25, 0.3) is 5.91 Å². The highest BCUT2D eigenvalue weighted by Gasteiger charge is 2.20. The molecule has 0 spiro atoms. The molecule has 34 heavy (non-hydrogen) atoms. The van der Waals surface area contributed by atoms with E-state index in [1.54, 1.807) is 31.4 Å². The van der Waals surface area contributed by atoms with E-state index in [0.717, 1.165) is 37.1 Å². The first-order valence-electron chi connectivity index (χ1n) is 11.1. The number of amides is 1. The zero-order chi connectivity index (χ0) is 23.9. The van der Waals surface area contributed by atoms with E-state index in [0.29, 0.717) is 16.7 Å². The van der Waals surface area contributed by atoms with E-state index >= 15 is 0 Å². The lowest BCUT2D eigenvalue weighted by molar-refractivity contribution is 0.0945. The Morgan fingerprint density at radius 3 is 2.56 bits per heavy atom. The molecule has 0 atom stereocenters. The summed E-state index contributed by atoms with van der Waals surface area (Å²) in [4.78, 5) is 24.1. The van der Waals surface area contributed by atoms with Gasteiger partial charge in [0.2, 0.25) is 11.8 Å². The van der Waals surface area contributed by atoms with Gasteiger partial charge in [0.15, 0.2) is 0 Å². The number of benzene rings is 2. The van der Waals surface area contributed by atoms with Crippen LogP contribution in [0.15, 0.2) is 48.7 Å². The van der Waals surface area contributed by atoms with Crippen molar-refractivity contribution in [3.05, 3.63) is 76.2 Å². The van der Waals surface area contributed by atoms with Crippen LogP contribution in [0, 0.1) is 5.82 Å². The molecular weight excluding hydrogens is 459 g/mol. The first-order valence-corrected chi connectivity index (χ1v) is 11.5. The van der Waals surface area contributed by atoms with Crippen molar-refractivity contribution in [2.24, 2.45) is 0 Å². The lowest BCUT2D eigenvalue weighted by Crippen LogP contribution is -2.31. The average molecular weight is 485 g/mol. The lowest BCUT2D eigenvalue weighted by Gasteiger charge is -2.27. The Labute approximate surface area is 202 Å². The summed E-state index contributed by atoms with van der Waals surface area (Å²) in [5.41, 5.74) is 1.81. The highest BCUT2D eigenvalue weighted by Crippen LogP contribution is 2.27. The van der Waals surface area contributed by atoms with Crippen molar-refractivity contribution in [3.63, 3.8) is 0 Å². The number of anilines is 1. The monoisotopic (exact) mass is 484 g/mol. The molecule has 1 aliphatic rings. The molecule has 1 fully saturated rings. The number of nitrogens with zero attached hydrogens (tertiary/aromatic N) is 3. The number of methoxy groups -OCH3 is 1. The zero-order valence-electron chi connectivity index (χ0n) is 18.9. The molecule has 1 aromatic heterocycles. The van der Waals surface area contributed by atoms with Crippen molar-refractivity contribution in [1.29, 1.82) is 0 Å². The van der Waals surface area contributed by atoms with Crippen LogP contribution in [-0.4, -0.2) is 36.1 Å². The van der Waals surface area contributed by atoms with Crippen LogP contribution in [0.1, 0.15) is 40.7 Å². The second-order valence-electron chi connectivity index (χ2n) is 8.00. The summed E-state index contributed by atoms with van der Waals surface area (Å²) in [7, 11) is 1.55. The predicted molar refractivity (Wildman–Crippen MR) is 128 cm³/mol. The molecule has 3 aromatic rings. The van der Waals surface area contributed by atoms with Gasteiger partial charge in [-0.1, -0.05) is 29.8 Å². The average Bonchev–Trinajstić information content (AvgIpc) is 2.87. The van der Waals surface area contributed by atoms with Gasteiger partial charge in [-0.2, -0.15) is 4.98 Å².